The summed E-state index contributed by atoms with van der Waals surface area (Å²) < 4.78 is 0. The highest BCUT2D eigenvalue weighted by Gasteiger charge is 2.47. The lowest BCUT2D eigenvalue weighted by Gasteiger charge is -2.18. The van der Waals surface area contributed by atoms with Crippen LogP contribution in [0.2, 0.25) is 0 Å². The van der Waals surface area contributed by atoms with E-state index in [0.29, 0.717) is 11.6 Å². The third-order valence-electron chi connectivity index (χ3n) is 2.75. The van der Waals surface area contributed by atoms with E-state index in [9.17, 15) is 0 Å². The van der Waals surface area contributed by atoms with Crippen LogP contribution < -0.4 is 5.32 Å². The lowest BCUT2D eigenvalue weighted by Crippen LogP contribution is -2.29. The van der Waals surface area contributed by atoms with Gasteiger partial charge in [0, 0.05) is 24.8 Å². The lowest BCUT2D eigenvalue weighted by atomic mass is 10.2. The van der Waals surface area contributed by atoms with Crippen LogP contribution in [0.1, 0.15) is 26.7 Å². The molecule has 2 aliphatic rings. The minimum atomic E-state index is 0.574. The van der Waals surface area contributed by atoms with Crippen molar-refractivity contribution in [3.63, 3.8) is 0 Å². The van der Waals surface area contributed by atoms with Gasteiger partial charge in [-0.15, -0.1) is 0 Å². The third-order valence-corrected chi connectivity index (χ3v) is 2.75. The van der Waals surface area contributed by atoms with E-state index in [2.05, 4.69) is 24.1 Å². The van der Waals surface area contributed by atoms with Gasteiger partial charge in [-0.2, -0.15) is 0 Å². The molecule has 1 aliphatic heterocycles. The number of hydrogen-bond donors (Lipinski definition) is 1. The van der Waals surface area contributed by atoms with Crippen LogP contribution in [0.4, 0.5) is 0 Å². The van der Waals surface area contributed by atoms with Crippen LogP contribution in [0.25, 0.3) is 0 Å². The molecule has 1 N–H and O–H groups in total. The molecule has 2 rings (SSSR count). The van der Waals surface area contributed by atoms with E-state index >= 15 is 0 Å². The fourth-order valence-electron chi connectivity index (χ4n) is 1.62. The minimum Gasteiger partial charge on any atom is -0.297 e. The zero-order chi connectivity index (χ0) is 7.19. The van der Waals surface area contributed by atoms with Gasteiger partial charge in [-0.05, 0) is 26.7 Å². The Balaban J connectivity index is 1.93. The van der Waals surface area contributed by atoms with Crippen LogP contribution in [0.5, 0.6) is 0 Å². The SMILES string of the molecule is CC(C)N1CNC2(CC2)C1. The molecule has 1 aliphatic carbocycles. The first kappa shape index (κ1) is 6.62. The van der Waals surface area contributed by atoms with Gasteiger partial charge in [0.15, 0.2) is 0 Å². The Bertz CT molecular complexity index is 138. The smallest absolute Gasteiger partial charge is 0.0488 e. The van der Waals surface area contributed by atoms with Gasteiger partial charge in [-0.25, -0.2) is 0 Å². The van der Waals surface area contributed by atoms with E-state index < -0.39 is 0 Å². The molecule has 10 heavy (non-hydrogen) atoms. The Morgan fingerprint density at radius 3 is 2.40 bits per heavy atom. The fourth-order valence-corrected chi connectivity index (χ4v) is 1.62. The van der Waals surface area contributed by atoms with Gasteiger partial charge < -0.3 is 0 Å². The number of nitrogens with one attached hydrogen (secondary N) is 1. The van der Waals surface area contributed by atoms with Gasteiger partial charge in [0.05, 0.1) is 0 Å². The Kier molecular flexibility index (Phi) is 1.29. The number of rotatable bonds is 1. The number of nitrogens with zero attached hydrogens (tertiary/aromatic N) is 1. The fraction of sp³-hybridized carbons (Fsp3) is 1.00. The van der Waals surface area contributed by atoms with Crippen molar-refractivity contribution in [2.45, 2.75) is 38.3 Å². The molecule has 0 aromatic rings. The summed E-state index contributed by atoms with van der Waals surface area (Å²) in [6, 6.07) is 0.715. The number of hydrogen-bond acceptors (Lipinski definition) is 2. The topological polar surface area (TPSA) is 15.3 Å². The van der Waals surface area contributed by atoms with Crippen molar-refractivity contribution in [3.05, 3.63) is 0 Å². The maximum absolute atomic E-state index is 3.56. The van der Waals surface area contributed by atoms with Crippen LogP contribution in [0.3, 0.4) is 0 Å². The molecule has 2 fully saturated rings. The lowest BCUT2D eigenvalue weighted by molar-refractivity contribution is 0.268. The molecular formula is C8H16N2. The quantitative estimate of drug-likeness (QED) is 0.579. The van der Waals surface area contributed by atoms with Crippen molar-refractivity contribution in [1.82, 2.24) is 10.2 Å². The maximum atomic E-state index is 3.56. The molecule has 0 aromatic heterocycles. The normalized spacial score (nSPS) is 30.3. The van der Waals surface area contributed by atoms with Crippen LogP contribution in [0, 0.1) is 0 Å². The Morgan fingerprint density at radius 2 is 2.10 bits per heavy atom. The van der Waals surface area contributed by atoms with Crippen molar-refractivity contribution >= 4 is 0 Å². The van der Waals surface area contributed by atoms with Crippen LogP contribution in [-0.2, 0) is 0 Å². The van der Waals surface area contributed by atoms with Crippen molar-refractivity contribution < 1.29 is 0 Å². The summed E-state index contributed by atoms with van der Waals surface area (Å²) >= 11 is 0. The molecule has 1 saturated heterocycles. The first-order chi connectivity index (χ1) is 4.72. The predicted octanol–water partition coefficient (Wildman–Crippen LogP) is 0.790. The molecule has 0 aromatic carbocycles. The highest BCUT2D eigenvalue weighted by Crippen LogP contribution is 2.39. The summed E-state index contributed by atoms with van der Waals surface area (Å²) in [4.78, 5) is 2.51. The van der Waals surface area contributed by atoms with E-state index in [4.69, 9.17) is 0 Å². The zero-order valence-corrected chi connectivity index (χ0v) is 6.85. The second-order valence-electron chi connectivity index (χ2n) is 3.96. The second kappa shape index (κ2) is 1.95. The van der Waals surface area contributed by atoms with E-state index in [1.165, 1.54) is 19.4 Å². The third kappa shape index (κ3) is 0.956. The van der Waals surface area contributed by atoms with Crippen LogP contribution in [-0.4, -0.2) is 29.7 Å². The summed E-state index contributed by atoms with van der Waals surface area (Å²) in [7, 11) is 0. The van der Waals surface area contributed by atoms with Crippen molar-refractivity contribution in [2.75, 3.05) is 13.2 Å². The average Bonchev–Trinajstić information content (AvgIpc) is 2.41. The summed E-state index contributed by atoms with van der Waals surface area (Å²) in [5.74, 6) is 0. The van der Waals surface area contributed by atoms with E-state index in [-0.39, 0.29) is 0 Å². The average molecular weight is 140 g/mol. The standard InChI is InChI=1S/C8H16N2/c1-7(2)10-5-8(3-4-8)9-6-10/h7,9H,3-6H2,1-2H3. The summed E-state index contributed by atoms with van der Waals surface area (Å²) in [6.07, 6.45) is 2.80. The molecule has 0 amide bonds. The van der Waals surface area contributed by atoms with Gasteiger partial charge in [0.25, 0.3) is 0 Å². The van der Waals surface area contributed by atoms with E-state index in [0.717, 1.165) is 6.67 Å². The van der Waals surface area contributed by atoms with Gasteiger partial charge in [-0.1, -0.05) is 0 Å². The Hall–Kier alpha value is -0.0800. The molecule has 0 bridgehead atoms. The molecule has 1 saturated carbocycles. The predicted molar refractivity (Wildman–Crippen MR) is 41.8 cm³/mol. The summed E-state index contributed by atoms with van der Waals surface area (Å²) in [5.41, 5.74) is 0.574. The molecule has 58 valence electrons. The first-order valence-electron chi connectivity index (χ1n) is 4.21. The molecule has 0 unspecified atom stereocenters. The molecule has 1 heterocycles. The molecule has 1 spiro atoms. The minimum absolute atomic E-state index is 0.574. The first-order valence-corrected chi connectivity index (χ1v) is 4.21. The molecule has 0 radical (unpaired) electrons. The molecule has 2 heteroatoms. The summed E-state index contributed by atoms with van der Waals surface area (Å²) in [6.45, 7) is 6.93. The molecule has 2 nitrogen and oxygen atoms in total. The highest BCUT2D eigenvalue weighted by atomic mass is 15.3. The van der Waals surface area contributed by atoms with Crippen molar-refractivity contribution in [1.29, 1.82) is 0 Å². The second-order valence-corrected chi connectivity index (χ2v) is 3.96. The van der Waals surface area contributed by atoms with E-state index in [1.54, 1.807) is 0 Å². The van der Waals surface area contributed by atoms with Gasteiger partial charge in [-0.3, -0.25) is 10.2 Å². The van der Waals surface area contributed by atoms with Gasteiger partial charge in [0.1, 0.15) is 0 Å². The van der Waals surface area contributed by atoms with Crippen LogP contribution >= 0.6 is 0 Å². The Morgan fingerprint density at radius 1 is 1.40 bits per heavy atom. The zero-order valence-electron chi connectivity index (χ0n) is 6.85. The Labute approximate surface area is 62.6 Å². The van der Waals surface area contributed by atoms with Crippen molar-refractivity contribution in [2.24, 2.45) is 0 Å². The highest BCUT2D eigenvalue weighted by molar-refractivity contribution is 5.07. The largest absolute Gasteiger partial charge is 0.297 e. The van der Waals surface area contributed by atoms with Crippen molar-refractivity contribution in [3.8, 4) is 0 Å². The van der Waals surface area contributed by atoms with Gasteiger partial charge >= 0.3 is 0 Å². The monoisotopic (exact) mass is 140 g/mol. The van der Waals surface area contributed by atoms with E-state index in [1.807, 2.05) is 0 Å². The molecular weight excluding hydrogens is 124 g/mol. The molecule has 0 atom stereocenters. The van der Waals surface area contributed by atoms with Crippen LogP contribution in [0.15, 0.2) is 0 Å². The maximum Gasteiger partial charge on any atom is 0.0488 e. The van der Waals surface area contributed by atoms with Gasteiger partial charge in [0.2, 0.25) is 0 Å². The summed E-state index contributed by atoms with van der Waals surface area (Å²) in [5, 5.41) is 3.56.